The van der Waals surface area contributed by atoms with E-state index in [2.05, 4.69) is 20.8 Å². The van der Waals surface area contributed by atoms with Gasteiger partial charge in [-0.15, -0.1) is 11.3 Å². The number of Topliss-reactive ketones (excluding diaryl/α,β-unsaturated/α-hetero) is 1. The van der Waals surface area contributed by atoms with Crippen molar-refractivity contribution in [3.63, 3.8) is 0 Å². The summed E-state index contributed by atoms with van der Waals surface area (Å²) in [5.41, 5.74) is 2.96. The molecular formula is C29H31NO5S. The molecule has 7 heteroatoms. The number of hydrogen-bond acceptors (Lipinski definition) is 6. The minimum absolute atomic E-state index is 0.0370. The highest BCUT2D eigenvalue weighted by molar-refractivity contribution is 7.12. The molecule has 0 saturated heterocycles. The molecule has 1 aromatic heterocycles. The predicted molar refractivity (Wildman–Crippen MR) is 141 cm³/mol. The lowest BCUT2D eigenvalue weighted by atomic mass is 9.85. The Labute approximate surface area is 215 Å². The zero-order chi connectivity index (χ0) is 26.0. The van der Waals surface area contributed by atoms with Crippen molar-refractivity contribution in [1.82, 2.24) is 4.90 Å². The van der Waals surface area contributed by atoms with Crippen LogP contribution in [0.15, 0.2) is 71.3 Å². The number of aliphatic hydroxyl groups excluding tert-OH is 1. The van der Waals surface area contributed by atoms with Crippen LogP contribution >= 0.6 is 11.3 Å². The molecule has 3 aromatic rings. The summed E-state index contributed by atoms with van der Waals surface area (Å²) in [6, 6.07) is 16.4. The summed E-state index contributed by atoms with van der Waals surface area (Å²) in [6.07, 6.45) is 0.510. The van der Waals surface area contributed by atoms with Gasteiger partial charge in [-0.3, -0.25) is 9.59 Å². The molecule has 0 radical (unpaired) electrons. The third kappa shape index (κ3) is 4.88. The number of amides is 1. The second-order valence-corrected chi connectivity index (χ2v) is 10.7. The first-order valence-corrected chi connectivity index (χ1v) is 12.7. The standard InChI is InChI=1S/C29H31NO5S/c1-29(2,3)20-11-9-19(10-12-20)25-24(26(31)23-7-6-16-36-23)27(32)28(33)30(25)15-14-18-8-13-21(34-4)22(17-18)35-5/h6-13,16-17,25,32H,14-15H2,1-5H3/t25-/m1/s1. The largest absolute Gasteiger partial charge is 0.503 e. The quantitative estimate of drug-likeness (QED) is 0.387. The molecule has 0 bridgehead atoms. The van der Waals surface area contributed by atoms with E-state index >= 15 is 0 Å². The Morgan fingerprint density at radius 3 is 2.31 bits per heavy atom. The number of hydrogen-bond donors (Lipinski definition) is 1. The SMILES string of the molecule is COc1ccc(CCN2C(=O)C(O)=C(C(=O)c3cccs3)[C@H]2c2ccc(C(C)(C)C)cc2)cc1OC. The molecule has 1 amide bonds. The monoisotopic (exact) mass is 505 g/mol. The van der Waals surface area contributed by atoms with E-state index in [0.717, 1.165) is 16.7 Å². The predicted octanol–water partition coefficient (Wildman–Crippen LogP) is 5.88. The van der Waals surface area contributed by atoms with Crippen molar-refractivity contribution in [3.8, 4) is 11.5 Å². The smallest absolute Gasteiger partial charge is 0.290 e. The molecule has 0 spiro atoms. The Balaban J connectivity index is 1.69. The van der Waals surface area contributed by atoms with Gasteiger partial charge in [0.1, 0.15) is 0 Å². The van der Waals surface area contributed by atoms with E-state index in [-0.39, 0.29) is 16.8 Å². The second kappa shape index (κ2) is 10.2. The Kier molecular flexibility index (Phi) is 7.22. The summed E-state index contributed by atoms with van der Waals surface area (Å²) in [7, 11) is 3.16. The van der Waals surface area contributed by atoms with Crippen molar-refractivity contribution in [1.29, 1.82) is 0 Å². The van der Waals surface area contributed by atoms with Crippen molar-refractivity contribution in [2.75, 3.05) is 20.8 Å². The van der Waals surface area contributed by atoms with Gasteiger partial charge in [0.05, 0.1) is 30.7 Å². The Morgan fingerprint density at radius 2 is 1.72 bits per heavy atom. The highest BCUT2D eigenvalue weighted by atomic mass is 32.1. The number of rotatable bonds is 8. The molecule has 0 fully saturated rings. The van der Waals surface area contributed by atoms with Crippen LogP contribution in [-0.2, 0) is 16.6 Å². The van der Waals surface area contributed by atoms with Crippen LogP contribution < -0.4 is 9.47 Å². The van der Waals surface area contributed by atoms with Crippen LogP contribution in [0, 0.1) is 0 Å². The first-order valence-electron chi connectivity index (χ1n) is 11.8. The van der Waals surface area contributed by atoms with Crippen molar-refractivity contribution in [2.45, 2.75) is 38.6 Å². The molecule has 2 heterocycles. The van der Waals surface area contributed by atoms with Crippen LogP contribution in [0.5, 0.6) is 11.5 Å². The van der Waals surface area contributed by atoms with Crippen LogP contribution in [0.25, 0.3) is 0 Å². The third-order valence-electron chi connectivity index (χ3n) is 6.48. The zero-order valence-corrected chi connectivity index (χ0v) is 22.0. The Bertz CT molecular complexity index is 1290. The minimum atomic E-state index is -0.679. The summed E-state index contributed by atoms with van der Waals surface area (Å²) < 4.78 is 10.7. The van der Waals surface area contributed by atoms with Crippen molar-refractivity contribution in [3.05, 3.63) is 92.9 Å². The van der Waals surface area contributed by atoms with Crippen LogP contribution in [0.3, 0.4) is 0 Å². The van der Waals surface area contributed by atoms with Crippen molar-refractivity contribution in [2.24, 2.45) is 0 Å². The first kappa shape index (κ1) is 25.5. The lowest BCUT2D eigenvalue weighted by molar-refractivity contribution is -0.129. The molecule has 1 N–H and O–H groups in total. The van der Waals surface area contributed by atoms with E-state index in [1.54, 1.807) is 31.3 Å². The van der Waals surface area contributed by atoms with Gasteiger partial charge in [-0.05, 0) is 52.1 Å². The summed E-state index contributed by atoms with van der Waals surface area (Å²) in [4.78, 5) is 28.8. The van der Waals surface area contributed by atoms with Crippen LogP contribution in [-0.4, -0.2) is 42.5 Å². The molecule has 6 nitrogen and oxygen atoms in total. The van der Waals surface area contributed by atoms with E-state index in [4.69, 9.17) is 9.47 Å². The fourth-order valence-electron chi connectivity index (χ4n) is 4.45. The average molecular weight is 506 g/mol. The highest BCUT2D eigenvalue weighted by Gasteiger charge is 2.43. The maximum Gasteiger partial charge on any atom is 0.290 e. The fourth-order valence-corrected chi connectivity index (χ4v) is 5.13. The van der Waals surface area contributed by atoms with Gasteiger partial charge in [0, 0.05) is 6.54 Å². The van der Waals surface area contributed by atoms with Crippen molar-refractivity contribution >= 4 is 23.0 Å². The molecule has 0 unspecified atom stereocenters. The lowest BCUT2D eigenvalue weighted by Gasteiger charge is -2.28. The molecule has 188 valence electrons. The topological polar surface area (TPSA) is 76.1 Å². The molecular weight excluding hydrogens is 474 g/mol. The minimum Gasteiger partial charge on any atom is -0.503 e. The molecule has 0 saturated carbocycles. The zero-order valence-electron chi connectivity index (χ0n) is 21.2. The van der Waals surface area contributed by atoms with Gasteiger partial charge in [-0.25, -0.2) is 0 Å². The number of ketones is 1. The van der Waals surface area contributed by atoms with Crippen LogP contribution in [0.1, 0.15) is 53.2 Å². The molecule has 1 aliphatic heterocycles. The average Bonchev–Trinajstić information content (AvgIpc) is 3.49. The number of methoxy groups -OCH3 is 2. The maximum absolute atomic E-state index is 13.4. The van der Waals surface area contributed by atoms with Crippen molar-refractivity contribution < 1.29 is 24.2 Å². The van der Waals surface area contributed by atoms with E-state index in [0.29, 0.717) is 29.3 Å². The second-order valence-electron chi connectivity index (χ2n) is 9.78. The molecule has 1 atom stereocenters. The summed E-state index contributed by atoms with van der Waals surface area (Å²) in [6.45, 7) is 6.71. The van der Waals surface area contributed by atoms with Gasteiger partial charge < -0.3 is 19.5 Å². The van der Waals surface area contributed by atoms with E-state index in [9.17, 15) is 14.7 Å². The van der Waals surface area contributed by atoms with E-state index in [1.807, 2.05) is 47.8 Å². The summed E-state index contributed by atoms with van der Waals surface area (Å²) >= 11 is 1.29. The Hall–Kier alpha value is -3.58. The van der Waals surface area contributed by atoms with Crippen LogP contribution in [0.2, 0.25) is 0 Å². The lowest BCUT2D eigenvalue weighted by Crippen LogP contribution is -2.33. The normalized spacial score (nSPS) is 16.0. The van der Waals surface area contributed by atoms with Gasteiger partial charge in [0.15, 0.2) is 17.3 Å². The molecule has 36 heavy (non-hydrogen) atoms. The van der Waals surface area contributed by atoms with Gasteiger partial charge in [-0.2, -0.15) is 0 Å². The molecule has 1 aliphatic rings. The maximum atomic E-state index is 13.4. The summed E-state index contributed by atoms with van der Waals surface area (Å²) in [5.74, 6) is -0.120. The molecule has 2 aromatic carbocycles. The number of ether oxygens (including phenoxy) is 2. The highest BCUT2D eigenvalue weighted by Crippen LogP contribution is 2.40. The van der Waals surface area contributed by atoms with Gasteiger partial charge >= 0.3 is 0 Å². The number of thiophene rings is 1. The van der Waals surface area contributed by atoms with Gasteiger partial charge in [0.2, 0.25) is 5.78 Å². The number of carbonyl (C=O) groups is 2. The number of aliphatic hydroxyl groups is 1. The van der Waals surface area contributed by atoms with E-state index < -0.39 is 17.7 Å². The first-order chi connectivity index (χ1) is 17.2. The Morgan fingerprint density at radius 1 is 1.03 bits per heavy atom. The number of carbonyl (C=O) groups excluding carboxylic acids is 2. The number of benzene rings is 2. The van der Waals surface area contributed by atoms with Crippen LogP contribution in [0.4, 0.5) is 0 Å². The molecule has 4 rings (SSSR count). The third-order valence-corrected chi connectivity index (χ3v) is 7.34. The summed E-state index contributed by atoms with van der Waals surface area (Å²) in [5, 5.41) is 12.7. The molecule has 0 aliphatic carbocycles. The fraction of sp³-hybridized carbons (Fsp3) is 0.310. The number of nitrogens with zero attached hydrogens (tertiary/aromatic N) is 1. The van der Waals surface area contributed by atoms with Gasteiger partial charge in [0.25, 0.3) is 5.91 Å². The van der Waals surface area contributed by atoms with Gasteiger partial charge in [-0.1, -0.05) is 57.2 Å². The van der Waals surface area contributed by atoms with E-state index in [1.165, 1.54) is 11.3 Å².